The second kappa shape index (κ2) is 3.58. The molecule has 1 fully saturated rings. The van der Waals surface area contributed by atoms with Crippen molar-refractivity contribution < 1.29 is 9.90 Å². The maximum Gasteiger partial charge on any atom is 0.321 e. The van der Waals surface area contributed by atoms with E-state index in [0.29, 0.717) is 12.3 Å². The molecule has 2 atom stereocenters. The van der Waals surface area contributed by atoms with E-state index in [-0.39, 0.29) is 6.04 Å². The summed E-state index contributed by atoms with van der Waals surface area (Å²) >= 11 is 0. The maximum absolute atomic E-state index is 11.0. The Kier molecular flexibility index (Phi) is 2.42. The van der Waals surface area contributed by atoms with Crippen molar-refractivity contribution in [3.05, 3.63) is 23.8 Å². The molecule has 0 bridgehead atoms. The number of fused-ring (bicyclic) bond motifs is 1. The molecule has 0 aromatic heterocycles. The van der Waals surface area contributed by atoms with Crippen molar-refractivity contribution in [2.45, 2.75) is 19.4 Å². The number of nitrogens with zero attached hydrogens (tertiary/aromatic N) is 1. The summed E-state index contributed by atoms with van der Waals surface area (Å²) in [5.41, 5.74) is 1.28. The highest BCUT2D eigenvalue weighted by Crippen LogP contribution is 2.31. The Labute approximate surface area is 83.7 Å². The molecular formula is C11H15NO2. The first kappa shape index (κ1) is 9.46. The van der Waals surface area contributed by atoms with Crippen molar-refractivity contribution in [1.82, 2.24) is 4.90 Å². The number of carbonyl (C=O) groups is 1. The average molecular weight is 193 g/mol. The molecule has 1 aliphatic carbocycles. The fourth-order valence-corrected chi connectivity index (χ4v) is 2.28. The van der Waals surface area contributed by atoms with E-state index < -0.39 is 5.97 Å². The minimum absolute atomic E-state index is 0.317. The van der Waals surface area contributed by atoms with Gasteiger partial charge in [-0.25, -0.2) is 0 Å². The summed E-state index contributed by atoms with van der Waals surface area (Å²) in [5, 5.41) is 9.07. The molecule has 2 aliphatic rings. The molecule has 1 N–H and O–H groups in total. The van der Waals surface area contributed by atoms with Crippen molar-refractivity contribution in [2.24, 2.45) is 5.92 Å². The predicted molar refractivity (Wildman–Crippen MR) is 54.0 cm³/mol. The third-order valence-electron chi connectivity index (χ3n) is 3.12. The highest BCUT2D eigenvalue weighted by Gasteiger charge is 2.34. The first-order valence-electron chi connectivity index (χ1n) is 5.06. The summed E-state index contributed by atoms with van der Waals surface area (Å²) in [4.78, 5) is 13.1. The number of hydrogen-bond acceptors (Lipinski definition) is 2. The normalized spacial score (nSPS) is 31.4. The molecule has 3 heteroatoms. The number of rotatable bonds is 2. The van der Waals surface area contributed by atoms with E-state index in [4.69, 9.17) is 5.11 Å². The number of likely N-dealkylation sites (N-methyl/N-ethyl adjacent to an activating group) is 1. The van der Waals surface area contributed by atoms with Crippen molar-refractivity contribution in [1.29, 1.82) is 0 Å². The molecule has 14 heavy (non-hydrogen) atoms. The van der Waals surface area contributed by atoms with Crippen LogP contribution in [0.2, 0.25) is 0 Å². The van der Waals surface area contributed by atoms with Gasteiger partial charge in [0.05, 0.1) is 0 Å². The Bertz CT molecular complexity index is 306. The Hall–Kier alpha value is -1.09. The third-order valence-corrected chi connectivity index (χ3v) is 3.12. The molecule has 2 rings (SSSR count). The van der Waals surface area contributed by atoms with Gasteiger partial charge in [0.1, 0.15) is 6.04 Å². The Balaban J connectivity index is 2.15. The summed E-state index contributed by atoms with van der Waals surface area (Å²) in [6, 6.07) is -0.317. The number of carboxylic acid groups (broad SMARTS) is 1. The van der Waals surface area contributed by atoms with Crippen LogP contribution >= 0.6 is 0 Å². The maximum atomic E-state index is 11.0. The lowest BCUT2D eigenvalue weighted by atomic mass is 9.90. The van der Waals surface area contributed by atoms with E-state index in [1.165, 1.54) is 5.57 Å². The van der Waals surface area contributed by atoms with E-state index in [9.17, 15) is 4.79 Å². The van der Waals surface area contributed by atoms with Crippen molar-refractivity contribution in [2.75, 3.05) is 13.1 Å². The van der Waals surface area contributed by atoms with Crippen molar-refractivity contribution in [3.8, 4) is 0 Å². The van der Waals surface area contributed by atoms with E-state index in [1.807, 2.05) is 17.9 Å². The lowest BCUT2D eigenvalue weighted by Crippen LogP contribution is -2.47. The third kappa shape index (κ3) is 1.48. The van der Waals surface area contributed by atoms with E-state index in [0.717, 1.165) is 13.1 Å². The van der Waals surface area contributed by atoms with Gasteiger partial charge in [0.15, 0.2) is 0 Å². The molecule has 76 valence electrons. The molecule has 0 amide bonds. The molecule has 1 heterocycles. The van der Waals surface area contributed by atoms with Crippen LogP contribution < -0.4 is 0 Å². The van der Waals surface area contributed by atoms with Crippen LogP contribution in [-0.4, -0.2) is 35.1 Å². The highest BCUT2D eigenvalue weighted by molar-refractivity contribution is 5.74. The van der Waals surface area contributed by atoms with Gasteiger partial charge < -0.3 is 5.11 Å². The SMILES string of the molecule is CCN1CC2C=CC=C2CC1C(=O)O. The van der Waals surface area contributed by atoms with Crippen molar-refractivity contribution >= 4 is 5.97 Å². The molecule has 2 unspecified atom stereocenters. The minimum atomic E-state index is -0.696. The number of piperidine rings is 1. The van der Waals surface area contributed by atoms with Crippen molar-refractivity contribution in [3.63, 3.8) is 0 Å². The zero-order chi connectivity index (χ0) is 10.1. The smallest absolute Gasteiger partial charge is 0.321 e. The zero-order valence-corrected chi connectivity index (χ0v) is 8.31. The van der Waals surface area contributed by atoms with Crippen LogP contribution in [0.3, 0.4) is 0 Å². The topological polar surface area (TPSA) is 40.5 Å². The number of aliphatic carboxylic acids is 1. The van der Waals surface area contributed by atoms with Gasteiger partial charge in [0.25, 0.3) is 0 Å². The van der Waals surface area contributed by atoms with Crippen LogP contribution in [0.15, 0.2) is 23.8 Å². The second-order valence-electron chi connectivity index (χ2n) is 3.88. The van der Waals surface area contributed by atoms with Gasteiger partial charge >= 0.3 is 5.97 Å². The molecule has 0 radical (unpaired) electrons. The fraction of sp³-hybridized carbons (Fsp3) is 0.545. The summed E-state index contributed by atoms with van der Waals surface area (Å²) in [6.07, 6.45) is 6.95. The second-order valence-corrected chi connectivity index (χ2v) is 3.88. The quantitative estimate of drug-likeness (QED) is 0.718. The van der Waals surface area contributed by atoms with E-state index in [1.54, 1.807) is 0 Å². The Morgan fingerprint density at radius 3 is 3.14 bits per heavy atom. The van der Waals surface area contributed by atoms with Gasteiger partial charge in [-0.3, -0.25) is 9.69 Å². The summed E-state index contributed by atoms with van der Waals surface area (Å²) in [6.45, 7) is 3.69. The van der Waals surface area contributed by atoms with Crippen LogP contribution in [0.1, 0.15) is 13.3 Å². The molecular weight excluding hydrogens is 178 g/mol. The van der Waals surface area contributed by atoms with Gasteiger partial charge in [-0.2, -0.15) is 0 Å². The molecule has 0 aromatic carbocycles. The van der Waals surface area contributed by atoms with Crippen LogP contribution in [0.4, 0.5) is 0 Å². The van der Waals surface area contributed by atoms with Crippen LogP contribution in [0.5, 0.6) is 0 Å². The van der Waals surface area contributed by atoms with Gasteiger partial charge in [0.2, 0.25) is 0 Å². The van der Waals surface area contributed by atoms with E-state index in [2.05, 4.69) is 12.2 Å². The largest absolute Gasteiger partial charge is 0.480 e. The molecule has 3 nitrogen and oxygen atoms in total. The van der Waals surface area contributed by atoms with Gasteiger partial charge in [-0.1, -0.05) is 30.7 Å². The fourth-order valence-electron chi connectivity index (χ4n) is 2.28. The Morgan fingerprint density at radius 2 is 2.50 bits per heavy atom. The summed E-state index contributed by atoms with van der Waals surface area (Å²) in [7, 11) is 0. The first-order chi connectivity index (χ1) is 6.72. The molecule has 0 aromatic rings. The van der Waals surface area contributed by atoms with E-state index >= 15 is 0 Å². The van der Waals surface area contributed by atoms with Gasteiger partial charge in [-0.05, 0) is 13.0 Å². The van der Waals surface area contributed by atoms with Crippen LogP contribution in [0.25, 0.3) is 0 Å². The van der Waals surface area contributed by atoms with Crippen LogP contribution in [-0.2, 0) is 4.79 Å². The standard InChI is InChI=1S/C11H15NO2/c1-2-12-7-9-5-3-4-8(9)6-10(12)11(13)14/h3-5,9-10H,2,6-7H2,1H3,(H,13,14). The highest BCUT2D eigenvalue weighted by atomic mass is 16.4. The minimum Gasteiger partial charge on any atom is -0.480 e. The lowest BCUT2D eigenvalue weighted by molar-refractivity contribution is -0.144. The average Bonchev–Trinajstić information content (AvgIpc) is 2.62. The zero-order valence-electron chi connectivity index (χ0n) is 8.31. The van der Waals surface area contributed by atoms with Crippen LogP contribution in [0, 0.1) is 5.92 Å². The number of carboxylic acids is 1. The summed E-state index contributed by atoms with van der Waals surface area (Å²) in [5.74, 6) is -0.233. The lowest BCUT2D eigenvalue weighted by Gasteiger charge is -2.36. The summed E-state index contributed by atoms with van der Waals surface area (Å²) < 4.78 is 0. The number of hydrogen-bond donors (Lipinski definition) is 1. The van der Waals surface area contributed by atoms with Gasteiger partial charge in [-0.15, -0.1) is 0 Å². The molecule has 1 saturated heterocycles. The molecule has 0 spiro atoms. The molecule has 1 aliphatic heterocycles. The first-order valence-corrected chi connectivity index (χ1v) is 5.06. The monoisotopic (exact) mass is 193 g/mol. The van der Waals surface area contributed by atoms with Gasteiger partial charge in [0, 0.05) is 12.5 Å². The number of likely N-dealkylation sites (tertiary alicyclic amines) is 1. The predicted octanol–water partition coefficient (Wildman–Crippen LogP) is 1.28. The molecule has 0 saturated carbocycles. The number of allylic oxidation sites excluding steroid dienone is 2. The Morgan fingerprint density at radius 1 is 1.71 bits per heavy atom.